The minimum absolute atomic E-state index is 0.145. The van der Waals surface area contributed by atoms with Crippen LogP contribution >= 0.6 is 27.7 Å². The first-order chi connectivity index (χ1) is 16.8. The molecule has 0 unspecified atom stereocenters. The molecule has 2 aromatic carbocycles. The molecule has 9 nitrogen and oxygen atoms in total. The molecule has 0 aliphatic carbocycles. The number of carbonyl (C=O) groups is 2. The lowest BCUT2D eigenvalue weighted by Gasteiger charge is -2.11. The average Bonchev–Trinajstić information content (AvgIpc) is 3.25. The molecule has 3 rings (SSSR count). The second-order valence-corrected chi connectivity index (χ2v) is 9.45. The van der Waals surface area contributed by atoms with Crippen LogP contribution in [0.4, 0.5) is 5.69 Å². The van der Waals surface area contributed by atoms with E-state index in [1.807, 2.05) is 37.5 Å². The van der Waals surface area contributed by atoms with Crippen LogP contribution in [0.1, 0.15) is 34.2 Å². The Morgan fingerprint density at radius 2 is 1.77 bits per heavy atom. The fraction of sp³-hybridized carbons (Fsp3) is 0.333. The lowest BCUT2D eigenvalue weighted by Crippen LogP contribution is -2.25. The first-order valence-corrected chi connectivity index (χ1v) is 12.7. The van der Waals surface area contributed by atoms with Crippen LogP contribution in [0.25, 0.3) is 0 Å². The van der Waals surface area contributed by atoms with Crippen molar-refractivity contribution >= 4 is 45.2 Å². The van der Waals surface area contributed by atoms with Gasteiger partial charge in [-0.3, -0.25) is 9.59 Å². The highest BCUT2D eigenvalue weighted by Gasteiger charge is 2.16. The fourth-order valence-corrected chi connectivity index (χ4v) is 4.68. The van der Waals surface area contributed by atoms with Gasteiger partial charge in [0.1, 0.15) is 0 Å². The third-order valence-corrected chi connectivity index (χ3v) is 6.98. The minimum atomic E-state index is -0.274. The van der Waals surface area contributed by atoms with E-state index in [1.54, 1.807) is 18.2 Å². The summed E-state index contributed by atoms with van der Waals surface area (Å²) in [5.74, 6) is 1.38. The number of hydrogen-bond donors (Lipinski definition) is 2. The van der Waals surface area contributed by atoms with Crippen molar-refractivity contribution in [2.75, 3.05) is 25.3 Å². The summed E-state index contributed by atoms with van der Waals surface area (Å²) < 4.78 is 13.2. The summed E-state index contributed by atoms with van der Waals surface area (Å²) in [6, 6.07) is 8.88. The number of methoxy groups -OCH3 is 2. The van der Waals surface area contributed by atoms with Crippen molar-refractivity contribution in [3.05, 3.63) is 57.3 Å². The number of amides is 2. The molecule has 186 valence electrons. The van der Waals surface area contributed by atoms with Gasteiger partial charge in [-0.1, -0.05) is 11.8 Å². The summed E-state index contributed by atoms with van der Waals surface area (Å²) in [4.78, 5) is 25.2. The Morgan fingerprint density at radius 1 is 1.06 bits per heavy atom. The van der Waals surface area contributed by atoms with Gasteiger partial charge in [-0.25, -0.2) is 0 Å². The molecule has 2 N–H and O–H groups in total. The maximum absolute atomic E-state index is 12.6. The molecular formula is C24H28BrN5O4S. The highest BCUT2D eigenvalue weighted by Crippen LogP contribution is 2.28. The smallest absolute Gasteiger partial charge is 0.251 e. The number of halogens is 1. The monoisotopic (exact) mass is 561 g/mol. The molecule has 0 spiro atoms. The molecule has 35 heavy (non-hydrogen) atoms. The third kappa shape index (κ3) is 6.55. The molecule has 3 aromatic rings. The van der Waals surface area contributed by atoms with Gasteiger partial charge in [0, 0.05) is 16.6 Å². The van der Waals surface area contributed by atoms with Gasteiger partial charge in [-0.2, -0.15) is 0 Å². The molecule has 0 atom stereocenters. The zero-order valence-electron chi connectivity index (χ0n) is 20.3. The second-order valence-electron chi connectivity index (χ2n) is 7.65. The summed E-state index contributed by atoms with van der Waals surface area (Å²) in [7, 11) is 3.06. The van der Waals surface area contributed by atoms with Gasteiger partial charge in [0.15, 0.2) is 22.5 Å². The van der Waals surface area contributed by atoms with Gasteiger partial charge in [0.25, 0.3) is 5.91 Å². The van der Waals surface area contributed by atoms with Gasteiger partial charge >= 0.3 is 0 Å². The maximum atomic E-state index is 12.6. The first kappa shape index (κ1) is 26.6. The number of rotatable bonds is 10. The van der Waals surface area contributed by atoms with Crippen LogP contribution in [0.2, 0.25) is 0 Å². The Kier molecular flexibility index (Phi) is 9.16. The SMILES string of the molecule is CCn1c(CNC(=O)c2ccc(OC)c(OC)c2)nnc1SCC(=O)Nc1cc(C)c(C)cc1Br. The van der Waals surface area contributed by atoms with Crippen molar-refractivity contribution in [3.8, 4) is 11.5 Å². The van der Waals surface area contributed by atoms with Gasteiger partial charge < -0.3 is 24.7 Å². The Bertz CT molecular complexity index is 1230. The topological polar surface area (TPSA) is 107 Å². The quantitative estimate of drug-likeness (QED) is 0.354. The molecule has 1 aromatic heterocycles. The van der Waals surface area contributed by atoms with E-state index in [1.165, 1.54) is 26.0 Å². The highest BCUT2D eigenvalue weighted by molar-refractivity contribution is 9.10. The van der Waals surface area contributed by atoms with E-state index in [4.69, 9.17) is 9.47 Å². The largest absolute Gasteiger partial charge is 0.493 e. The van der Waals surface area contributed by atoms with E-state index in [2.05, 4.69) is 36.8 Å². The van der Waals surface area contributed by atoms with Crippen LogP contribution in [0, 0.1) is 13.8 Å². The number of aryl methyl sites for hydroxylation is 2. The van der Waals surface area contributed by atoms with Crippen LogP contribution in [0.5, 0.6) is 11.5 Å². The van der Waals surface area contributed by atoms with E-state index >= 15 is 0 Å². The van der Waals surface area contributed by atoms with Crippen molar-refractivity contribution in [3.63, 3.8) is 0 Å². The zero-order valence-corrected chi connectivity index (χ0v) is 22.7. The van der Waals surface area contributed by atoms with Crippen molar-refractivity contribution < 1.29 is 19.1 Å². The lowest BCUT2D eigenvalue weighted by molar-refractivity contribution is -0.113. The van der Waals surface area contributed by atoms with E-state index < -0.39 is 0 Å². The summed E-state index contributed by atoms with van der Waals surface area (Å²) in [6.07, 6.45) is 0. The summed E-state index contributed by atoms with van der Waals surface area (Å²) in [5.41, 5.74) is 3.41. The van der Waals surface area contributed by atoms with Gasteiger partial charge in [0.05, 0.1) is 32.2 Å². The first-order valence-electron chi connectivity index (χ1n) is 10.9. The number of aromatic nitrogens is 3. The molecule has 0 aliphatic rings. The number of nitrogens with one attached hydrogen (secondary N) is 2. The highest BCUT2D eigenvalue weighted by atomic mass is 79.9. The molecule has 0 saturated heterocycles. The predicted molar refractivity (Wildman–Crippen MR) is 139 cm³/mol. The van der Waals surface area contributed by atoms with E-state index in [0.29, 0.717) is 34.6 Å². The molecule has 11 heteroatoms. The van der Waals surface area contributed by atoms with Gasteiger partial charge in [-0.15, -0.1) is 10.2 Å². The molecule has 0 bridgehead atoms. The molecule has 0 fully saturated rings. The number of carbonyl (C=O) groups excluding carboxylic acids is 2. The van der Waals surface area contributed by atoms with Crippen molar-refractivity contribution in [2.45, 2.75) is 39.0 Å². The van der Waals surface area contributed by atoms with Gasteiger partial charge in [-0.05, 0) is 78.2 Å². The summed E-state index contributed by atoms with van der Waals surface area (Å²) >= 11 is 4.79. The second kappa shape index (κ2) is 12.1. The third-order valence-electron chi connectivity index (χ3n) is 5.35. The van der Waals surface area contributed by atoms with E-state index in [-0.39, 0.29) is 24.1 Å². The fourth-order valence-electron chi connectivity index (χ4n) is 3.31. The number of benzene rings is 2. The lowest BCUT2D eigenvalue weighted by atomic mass is 10.1. The number of anilines is 1. The normalized spacial score (nSPS) is 10.7. The summed E-state index contributed by atoms with van der Waals surface area (Å²) in [5, 5.41) is 14.8. The number of ether oxygens (including phenoxy) is 2. The van der Waals surface area contributed by atoms with E-state index in [0.717, 1.165) is 21.3 Å². The Balaban J connectivity index is 1.60. The Labute approximate surface area is 217 Å². The molecule has 2 amide bonds. The van der Waals surface area contributed by atoms with Crippen molar-refractivity contribution in [1.29, 1.82) is 0 Å². The number of nitrogens with zero attached hydrogens (tertiary/aromatic N) is 3. The maximum Gasteiger partial charge on any atom is 0.251 e. The number of thioether (sulfide) groups is 1. The van der Waals surface area contributed by atoms with Crippen LogP contribution in [0.3, 0.4) is 0 Å². The van der Waals surface area contributed by atoms with Crippen LogP contribution in [-0.4, -0.2) is 46.6 Å². The zero-order chi connectivity index (χ0) is 25.5. The van der Waals surface area contributed by atoms with Crippen molar-refractivity contribution in [1.82, 2.24) is 20.1 Å². The Hall–Kier alpha value is -3.05. The van der Waals surface area contributed by atoms with Gasteiger partial charge in [0.2, 0.25) is 5.91 Å². The standard InChI is InChI=1S/C24H28BrN5O4S/c1-6-30-21(12-26-23(32)16-7-8-19(33-4)20(11-16)34-5)28-29-24(30)35-13-22(31)27-18-10-15(3)14(2)9-17(18)25/h7-11H,6,12-13H2,1-5H3,(H,26,32)(H,27,31). The predicted octanol–water partition coefficient (Wildman–Crippen LogP) is 4.36. The van der Waals surface area contributed by atoms with Crippen LogP contribution in [0.15, 0.2) is 40.0 Å². The number of hydrogen-bond acceptors (Lipinski definition) is 7. The average molecular weight is 562 g/mol. The van der Waals surface area contributed by atoms with Crippen LogP contribution in [-0.2, 0) is 17.9 Å². The molecule has 1 heterocycles. The minimum Gasteiger partial charge on any atom is -0.493 e. The Morgan fingerprint density at radius 3 is 2.46 bits per heavy atom. The molecular weight excluding hydrogens is 534 g/mol. The molecule has 0 aliphatic heterocycles. The molecule has 0 saturated carbocycles. The van der Waals surface area contributed by atoms with E-state index in [9.17, 15) is 9.59 Å². The van der Waals surface area contributed by atoms with Crippen LogP contribution < -0.4 is 20.1 Å². The molecule has 0 radical (unpaired) electrons. The van der Waals surface area contributed by atoms with Crippen molar-refractivity contribution in [2.24, 2.45) is 0 Å². The summed E-state index contributed by atoms with van der Waals surface area (Å²) in [6.45, 7) is 6.77.